The molecule has 1 aliphatic rings. The van der Waals surface area contributed by atoms with Gasteiger partial charge in [0.25, 0.3) is 0 Å². The van der Waals surface area contributed by atoms with Crippen LogP contribution in [0.5, 0.6) is 0 Å². The molecule has 0 spiro atoms. The summed E-state index contributed by atoms with van der Waals surface area (Å²) in [4.78, 5) is 0. The van der Waals surface area contributed by atoms with Gasteiger partial charge in [-0.2, -0.15) is 0 Å². The predicted octanol–water partition coefficient (Wildman–Crippen LogP) is 4.96. The van der Waals surface area contributed by atoms with Gasteiger partial charge in [0, 0.05) is 21.7 Å². The molecule has 2 rings (SSSR count). The third-order valence-electron chi connectivity index (χ3n) is 3.68. The Morgan fingerprint density at radius 3 is 2.29 bits per heavy atom. The molecule has 0 heterocycles. The molecule has 1 fully saturated rings. The first-order chi connectivity index (χ1) is 8.18. The van der Waals surface area contributed by atoms with Crippen molar-refractivity contribution in [3.8, 4) is 0 Å². The van der Waals surface area contributed by atoms with Crippen LogP contribution in [0.4, 0.5) is 0 Å². The van der Waals surface area contributed by atoms with E-state index in [0.717, 1.165) is 17.9 Å². The molecule has 94 valence electrons. The summed E-state index contributed by atoms with van der Waals surface area (Å²) in [5.74, 6) is 0.742. The van der Waals surface area contributed by atoms with Crippen molar-refractivity contribution < 1.29 is 0 Å². The van der Waals surface area contributed by atoms with Crippen LogP contribution < -0.4 is 5.73 Å². The largest absolute Gasteiger partial charge is 0.324 e. The van der Waals surface area contributed by atoms with E-state index in [1.807, 2.05) is 18.2 Å². The fraction of sp³-hybridized carbons (Fsp3) is 0.571. The molecule has 17 heavy (non-hydrogen) atoms. The highest BCUT2D eigenvalue weighted by Gasteiger charge is 2.20. The molecule has 1 unspecified atom stereocenters. The Balaban J connectivity index is 2.05. The van der Waals surface area contributed by atoms with Crippen molar-refractivity contribution in [2.75, 3.05) is 0 Å². The van der Waals surface area contributed by atoms with Crippen LogP contribution in [0.25, 0.3) is 0 Å². The number of hydrogen-bond acceptors (Lipinski definition) is 1. The maximum absolute atomic E-state index is 6.26. The average molecular weight is 272 g/mol. The standard InChI is InChI=1S/C14H19Cl2N/c15-11-7-4-8-12(16)14(11)13(17)9-10-5-2-1-3-6-10/h4,7-8,10,13H,1-3,5-6,9,17H2. The fourth-order valence-electron chi connectivity index (χ4n) is 2.76. The van der Waals surface area contributed by atoms with Crippen molar-refractivity contribution in [3.63, 3.8) is 0 Å². The molecular formula is C14H19Cl2N. The SMILES string of the molecule is NC(CC1CCCCC1)c1c(Cl)cccc1Cl. The second kappa shape index (κ2) is 6.08. The number of benzene rings is 1. The Labute approximate surface area is 113 Å². The van der Waals surface area contributed by atoms with E-state index in [2.05, 4.69) is 0 Å². The van der Waals surface area contributed by atoms with Gasteiger partial charge in [0.2, 0.25) is 0 Å². The predicted molar refractivity (Wildman–Crippen MR) is 74.6 cm³/mol. The van der Waals surface area contributed by atoms with Crippen molar-refractivity contribution in [3.05, 3.63) is 33.8 Å². The molecule has 0 radical (unpaired) electrons. The summed E-state index contributed by atoms with van der Waals surface area (Å²) in [5, 5.41) is 1.39. The van der Waals surface area contributed by atoms with Gasteiger partial charge in [-0.05, 0) is 24.5 Å². The summed E-state index contributed by atoms with van der Waals surface area (Å²) in [6, 6.07) is 5.56. The van der Waals surface area contributed by atoms with Crippen LogP contribution in [0.1, 0.15) is 50.1 Å². The van der Waals surface area contributed by atoms with E-state index in [1.54, 1.807) is 0 Å². The molecule has 1 saturated carbocycles. The number of nitrogens with two attached hydrogens (primary N) is 1. The number of hydrogen-bond donors (Lipinski definition) is 1. The summed E-state index contributed by atoms with van der Waals surface area (Å²) in [5.41, 5.74) is 7.18. The van der Waals surface area contributed by atoms with E-state index in [9.17, 15) is 0 Å². The molecule has 1 nitrogen and oxygen atoms in total. The van der Waals surface area contributed by atoms with Crippen LogP contribution in [0.3, 0.4) is 0 Å². The highest BCUT2D eigenvalue weighted by molar-refractivity contribution is 6.36. The molecule has 2 N–H and O–H groups in total. The van der Waals surface area contributed by atoms with Gasteiger partial charge in [0.05, 0.1) is 0 Å². The highest BCUT2D eigenvalue weighted by atomic mass is 35.5. The molecular weight excluding hydrogens is 253 g/mol. The summed E-state index contributed by atoms with van der Waals surface area (Å²) in [6.07, 6.45) is 7.66. The van der Waals surface area contributed by atoms with E-state index in [4.69, 9.17) is 28.9 Å². The third kappa shape index (κ3) is 3.37. The van der Waals surface area contributed by atoms with Crippen molar-refractivity contribution >= 4 is 23.2 Å². The van der Waals surface area contributed by atoms with E-state index >= 15 is 0 Å². The van der Waals surface area contributed by atoms with Crippen molar-refractivity contribution in [1.29, 1.82) is 0 Å². The summed E-state index contributed by atoms with van der Waals surface area (Å²) in [6.45, 7) is 0. The van der Waals surface area contributed by atoms with Gasteiger partial charge in [-0.1, -0.05) is 61.4 Å². The zero-order valence-corrected chi connectivity index (χ0v) is 11.5. The van der Waals surface area contributed by atoms with Crippen LogP contribution in [0.15, 0.2) is 18.2 Å². The van der Waals surface area contributed by atoms with Crippen LogP contribution in [-0.2, 0) is 0 Å². The monoisotopic (exact) mass is 271 g/mol. The molecule has 1 aliphatic carbocycles. The van der Waals surface area contributed by atoms with Gasteiger partial charge in [-0.15, -0.1) is 0 Å². The molecule has 1 aromatic rings. The summed E-state index contributed by atoms with van der Waals surface area (Å²) < 4.78 is 0. The van der Waals surface area contributed by atoms with E-state index in [0.29, 0.717) is 10.0 Å². The summed E-state index contributed by atoms with van der Waals surface area (Å²) in [7, 11) is 0. The van der Waals surface area contributed by atoms with Crippen molar-refractivity contribution in [2.24, 2.45) is 11.7 Å². The second-order valence-corrected chi connectivity index (χ2v) is 5.80. The minimum absolute atomic E-state index is 0.0284. The minimum atomic E-state index is -0.0284. The normalized spacial score (nSPS) is 19.2. The topological polar surface area (TPSA) is 26.0 Å². The molecule has 0 saturated heterocycles. The lowest BCUT2D eigenvalue weighted by molar-refractivity contribution is 0.319. The first-order valence-corrected chi connectivity index (χ1v) is 7.13. The molecule has 0 aliphatic heterocycles. The van der Waals surface area contributed by atoms with E-state index < -0.39 is 0 Å². The zero-order valence-electron chi connectivity index (χ0n) is 9.96. The van der Waals surface area contributed by atoms with Crippen molar-refractivity contribution in [1.82, 2.24) is 0 Å². The first-order valence-electron chi connectivity index (χ1n) is 6.38. The van der Waals surface area contributed by atoms with Gasteiger partial charge in [-0.25, -0.2) is 0 Å². The average Bonchev–Trinajstić information content (AvgIpc) is 2.30. The maximum Gasteiger partial charge on any atom is 0.0468 e. The zero-order chi connectivity index (χ0) is 12.3. The highest BCUT2D eigenvalue weighted by Crippen LogP contribution is 2.35. The number of halogens is 2. The lowest BCUT2D eigenvalue weighted by Gasteiger charge is -2.25. The molecule has 1 atom stereocenters. The van der Waals surface area contributed by atoms with Gasteiger partial charge in [0.15, 0.2) is 0 Å². The maximum atomic E-state index is 6.26. The van der Waals surface area contributed by atoms with Crippen LogP contribution in [-0.4, -0.2) is 0 Å². The van der Waals surface area contributed by atoms with E-state index in [1.165, 1.54) is 32.1 Å². The first kappa shape index (κ1) is 13.2. The third-order valence-corrected chi connectivity index (χ3v) is 4.34. The van der Waals surface area contributed by atoms with E-state index in [-0.39, 0.29) is 6.04 Å². The lowest BCUT2D eigenvalue weighted by atomic mass is 9.83. The molecule has 1 aromatic carbocycles. The minimum Gasteiger partial charge on any atom is -0.324 e. The quantitative estimate of drug-likeness (QED) is 0.826. The smallest absolute Gasteiger partial charge is 0.0468 e. The lowest BCUT2D eigenvalue weighted by Crippen LogP contribution is -2.18. The van der Waals surface area contributed by atoms with Gasteiger partial charge >= 0.3 is 0 Å². The molecule has 0 aromatic heterocycles. The molecule has 3 heteroatoms. The van der Waals surface area contributed by atoms with Crippen LogP contribution in [0.2, 0.25) is 10.0 Å². The van der Waals surface area contributed by atoms with Crippen LogP contribution in [0, 0.1) is 5.92 Å². The Morgan fingerprint density at radius 2 is 1.71 bits per heavy atom. The molecule has 0 amide bonds. The second-order valence-electron chi connectivity index (χ2n) is 4.98. The van der Waals surface area contributed by atoms with Gasteiger partial charge in [0.1, 0.15) is 0 Å². The molecule has 0 bridgehead atoms. The Kier molecular flexibility index (Phi) is 4.72. The fourth-order valence-corrected chi connectivity index (χ4v) is 3.44. The number of rotatable bonds is 3. The van der Waals surface area contributed by atoms with Gasteiger partial charge < -0.3 is 5.73 Å². The van der Waals surface area contributed by atoms with Gasteiger partial charge in [-0.3, -0.25) is 0 Å². The Hall–Kier alpha value is -0.240. The van der Waals surface area contributed by atoms with Crippen LogP contribution >= 0.6 is 23.2 Å². The Bertz CT molecular complexity index is 352. The summed E-state index contributed by atoms with van der Waals surface area (Å²) >= 11 is 12.4. The van der Waals surface area contributed by atoms with Crippen molar-refractivity contribution in [2.45, 2.75) is 44.6 Å². The Morgan fingerprint density at radius 1 is 1.12 bits per heavy atom.